The normalized spacial score (nSPS) is 17.8. The van der Waals surface area contributed by atoms with E-state index < -0.39 is 5.97 Å². The van der Waals surface area contributed by atoms with Crippen LogP contribution < -0.4 is 0 Å². The second-order valence-corrected chi connectivity index (χ2v) is 5.29. The molecule has 1 N–H and O–H groups in total. The second kappa shape index (κ2) is 6.12. The van der Waals surface area contributed by atoms with Gasteiger partial charge in [0, 0.05) is 18.8 Å². The number of aromatic carboxylic acids is 1. The van der Waals surface area contributed by atoms with Gasteiger partial charge in [0.15, 0.2) is 0 Å². The van der Waals surface area contributed by atoms with Crippen LogP contribution in [0.15, 0.2) is 18.3 Å². The number of carbonyl (C=O) groups is 1. The number of carboxylic acid groups (broad SMARTS) is 1. The Bertz CT molecular complexity index is 425. The summed E-state index contributed by atoms with van der Waals surface area (Å²) in [7, 11) is 4.27. The Morgan fingerprint density at radius 2 is 2.16 bits per heavy atom. The second-order valence-electron chi connectivity index (χ2n) is 5.29. The maximum Gasteiger partial charge on any atom is 0.337 e. The summed E-state index contributed by atoms with van der Waals surface area (Å²) in [6.07, 6.45) is 3.79. The molecule has 5 heteroatoms. The van der Waals surface area contributed by atoms with Crippen LogP contribution in [0.4, 0.5) is 0 Å². The van der Waals surface area contributed by atoms with Crippen molar-refractivity contribution in [3.05, 3.63) is 29.6 Å². The smallest absolute Gasteiger partial charge is 0.337 e. The summed E-state index contributed by atoms with van der Waals surface area (Å²) in [6, 6.07) is 4.01. The summed E-state index contributed by atoms with van der Waals surface area (Å²) in [5.74, 6) is -0.928. The van der Waals surface area contributed by atoms with Gasteiger partial charge in [0.25, 0.3) is 0 Å². The van der Waals surface area contributed by atoms with Crippen LogP contribution in [0, 0.1) is 0 Å². The summed E-state index contributed by atoms with van der Waals surface area (Å²) in [6.45, 7) is 3.05. The van der Waals surface area contributed by atoms with E-state index in [0.717, 1.165) is 25.3 Å². The number of rotatable bonds is 4. The molecule has 19 heavy (non-hydrogen) atoms. The third-order valence-corrected chi connectivity index (χ3v) is 3.79. The number of aromatic nitrogens is 1. The molecular weight excluding hydrogens is 242 g/mol. The van der Waals surface area contributed by atoms with E-state index in [0.29, 0.717) is 6.04 Å². The molecule has 0 saturated carbocycles. The van der Waals surface area contributed by atoms with Crippen molar-refractivity contribution in [1.29, 1.82) is 0 Å². The summed E-state index contributed by atoms with van der Waals surface area (Å²) in [5.41, 5.74) is 1.16. The number of carboxylic acids is 1. The topological polar surface area (TPSA) is 56.7 Å². The lowest BCUT2D eigenvalue weighted by Gasteiger charge is -2.34. The van der Waals surface area contributed by atoms with E-state index >= 15 is 0 Å². The molecule has 1 aromatic rings. The predicted octanol–water partition coefficient (Wildman–Crippen LogP) is 1.31. The van der Waals surface area contributed by atoms with Crippen LogP contribution in [0.5, 0.6) is 0 Å². The number of likely N-dealkylation sites (tertiary alicyclic amines) is 1. The van der Waals surface area contributed by atoms with E-state index in [1.165, 1.54) is 19.0 Å². The minimum Gasteiger partial charge on any atom is -0.478 e. The van der Waals surface area contributed by atoms with Crippen molar-refractivity contribution in [2.75, 3.05) is 27.2 Å². The van der Waals surface area contributed by atoms with Crippen molar-refractivity contribution in [2.45, 2.75) is 25.4 Å². The highest BCUT2D eigenvalue weighted by Crippen LogP contribution is 2.16. The Labute approximate surface area is 113 Å². The number of hydrogen-bond acceptors (Lipinski definition) is 4. The maximum absolute atomic E-state index is 10.8. The summed E-state index contributed by atoms with van der Waals surface area (Å²) in [4.78, 5) is 19.6. The summed E-state index contributed by atoms with van der Waals surface area (Å²) >= 11 is 0. The van der Waals surface area contributed by atoms with Crippen LogP contribution in [0.2, 0.25) is 0 Å². The molecule has 1 aliphatic rings. The van der Waals surface area contributed by atoms with Gasteiger partial charge in [-0.2, -0.15) is 0 Å². The van der Waals surface area contributed by atoms with Crippen LogP contribution in [-0.4, -0.2) is 59.1 Å². The van der Waals surface area contributed by atoms with Crippen LogP contribution >= 0.6 is 0 Å². The highest BCUT2D eigenvalue weighted by molar-refractivity contribution is 5.87. The number of nitrogens with zero attached hydrogens (tertiary/aromatic N) is 3. The average molecular weight is 263 g/mol. The molecule has 0 atom stereocenters. The quantitative estimate of drug-likeness (QED) is 0.887. The molecule has 1 aliphatic heterocycles. The molecule has 0 unspecified atom stereocenters. The van der Waals surface area contributed by atoms with Crippen molar-refractivity contribution in [2.24, 2.45) is 0 Å². The van der Waals surface area contributed by atoms with E-state index in [1.54, 1.807) is 12.1 Å². The highest BCUT2D eigenvalue weighted by atomic mass is 16.4. The van der Waals surface area contributed by atoms with E-state index in [1.807, 2.05) is 0 Å². The average Bonchev–Trinajstić information content (AvgIpc) is 2.40. The molecule has 2 heterocycles. The lowest BCUT2D eigenvalue weighted by molar-refractivity contribution is 0.0696. The Hall–Kier alpha value is -1.46. The van der Waals surface area contributed by atoms with Crippen molar-refractivity contribution in [1.82, 2.24) is 14.8 Å². The molecule has 0 radical (unpaired) electrons. The van der Waals surface area contributed by atoms with Gasteiger partial charge in [-0.1, -0.05) is 0 Å². The van der Waals surface area contributed by atoms with Crippen LogP contribution in [0.3, 0.4) is 0 Å². The summed E-state index contributed by atoms with van der Waals surface area (Å²) in [5, 5.41) is 8.83. The van der Waals surface area contributed by atoms with Gasteiger partial charge >= 0.3 is 5.97 Å². The molecule has 0 bridgehead atoms. The van der Waals surface area contributed by atoms with Crippen LogP contribution in [-0.2, 0) is 6.54 Å². The maximum atomic E-state index is 10.8. The SMILES string of the molecule is CN1CCC(N(C)Cc2ccc(C(=O)O)cn2)CC1. The molecule has 2 rings (SSSR count). The third-order valence-electron chi connectivity index (χ3n) is 3.79. The molecule has 1 aromatic heterocycles. The predicted molar refractivity (Wildman–Crippen MR) is 73.2 cm³/mol. The van der Waals surface area contributed by atoms with E-state index in [-0.39, 0.29) is 5.56 Å². The zero-order chi connectivity index (χ0) is 13.8. The van der Waals surface area contributed by atoms with Crippen molar-refractivity contribution in [3.8, 4) is 0 Å². The van der Waals surface area contributed by atoms with Crippen molar-refractivity contribution < 1.29 is 9.90 Å². The fourth-order valence-electron chi connectivity index (χ4n) is 2.46. The minimum atomic E-state index is -0.928. The van der Waals surface area contributed by atoms with Gasteiger partial charge in [0.1, 0.15) is 0 Å². The van der Waals surface area contributed by atoms with Crippen LogP contribution in [0.1, 0.15) is 28.9 Å². The first-order valence-electron chi connectivity index (χ1n) is 6.63. The zero-order valence-electron chi connectivity index (χ0n) is 11.5. The summed E-state index contributed by atoms with van der Waals surface area (Å²) < 4.78 is 0. The Kier molecular flexibility index (Phi) is 4.50. The van der Waals surface area contributed by atoms with Crippen molar-refractivity contribution in [3.63, 3.8) is 0 Å². The van der Waals surface area contributed by atoms with Crippen LogP contribution in [0.25, 0.3) is 0 Å². The molecular formula is C14H21N3O2. The lowest BCUT2D eigenvalue weighted by Crippen LogP contribution is -2.41. The first-order valence-corrected chi connectivity index (χ1v) is 6.63. The van der Waals surface area contributed by atoms with Gasteiger partial charge < -0.3 is 10.0 Å². The molecule has 104 valence electrons. The molecule has 1 saturated heterocycles. The first kappa shape index (κ1) is 14.0. The zero-order valence-corrected chi connectivity index (χ0v) is 11.5. The molecule has 5 nitrogen and oxygen atoms in total. The molecule has 0 aliphatic carbocycles. The first-order chi connectivity index (χ1) is 9.06. The van der Waals surface area contributed by atoms with E-state index in [2.05, 4.69) is 28.9 Å². The fourth-order valence-corrected chi connectivity index (χ4v) is 2.46. The largest absolute Gasteiger partial charge is 0.478 e. The Morgan fingerprint density at radius 3 is 2.68 bits per heavy atom. The lowest BCUT2D eigenvalue weighted by atomic mass is 10.0. The minimum absolute atomic E-state index is 0.241. The third kappa shape index (κ3) is 3.75. The van der Waals surface area contributed by atoms with Gasteiger partial charge in [-0.05, 0) is 52.2 Å². The fraction of sp³-hybridized carbons (Fsp3) is 0.571. The van der Waals surface area contributed by atoms with Gasteiger partial charge in [0.2, 0.25) is 0 Å². The Morgan fingerprint density at radius 1 is 1.47 bits per heavy atom. The number of hydrogen-bond donors (Lipinski definition) is 1. The Balaban J connectivity index is 1.91. The van der Waals surface area contributed by atoms with Gasteiger partial charge in [-0.3, -0.25) is 9.88 Å². The van der Waals surface area contributed by atoms with Gasteiger partial charge in [-0.25, -0.2) is 4.79 Å². The highest BCUT2D eigenvalue weighted by Gasteiger charge is 2.20. The monoisotopic (exact) mass is 263 g/mol. The standard InChI is InChI=1S/C14H21N3O2/c1-16-7-5-13(6-8-16)17(2)10-12-4-3-11(9-15-12)14(18)19/h3-4,9,13H,5-8,10H2,1-2H3,(H,18,19). The number of piperidine rings is 1. The molecule has 1 fully saturated rings. The molecule has 0 amide bonds. The van der Waals surface area contributed by atoms with E-state index in [4.69, 9.17) is 5.11 Å². The molecule has 0 spiro atoms. The van der Waals surface area contributed by atoms with E-state index in [9.17, 15) is 4.79 Å². The number of pyridine rings is 1. The molecule has 0 aromatic carbocycles. The van der Waals surface area contributed by atoms with Gasteiger partial charge in [0.05, 0.1) is 11.3 Å². The van der Waals surface area contributed by atoms with Crippen molar-refractivity contribution >= 4 is 5.97 Å². The van der Waals surface area contributed by atoms with Gasteiger partial charge in [-0.15, -0.1) is 0 Å².